The molecule has 20 heavy (non-hydrogen) atoms. The van der Waals surface area contributed by atoms with E-state index in [9.17, 15) is 4.39 Å². The Kier molecular flexibility index (Phi) is 3.38. The molecule has 2 aromatic rings. The van der Waals surface area contributed by atoms with Crippen molar-refractivity contribution in [1.29, 1.82) is 0 Å². The molecule has 0 bridgehead atoms. The fraction of sp³-hybridized carbons (Fsp3) is 0.412. The zero-order valence-corrected chi connectivity index (χ0v) is 12.1. The Bertz CT molecular complexity index is 619. The van der Waals surface area contributed by atoms with Crippen molar-refractivity contribution in [2.24, 2.45) is 5.73 Å². The lowest BCUT2D eigenvalue weighted by atomic mass is 9.93. The van der Waals surface area contributed by atoms with Crippen molar-refractivity contribution < 1.29 is 4.39 Å². The third-order valence-corrected chi connectivity index (χ3v) is 4.29. The van der Waals surface area contributed by atoms with Gasteiger partial charge in [0.05, 0.1) is 0 Å². The van der Waals surface area contributed by atoms with Gasteiger partial charge in [-0.05, 0) is 61.4 Å². The molecule has 0 aliphatic heterocycles. The molecule has 0 saturated carbocycles. The molecule has 2 nitrogen and oxygen atoms in total. The SMILES string of the molecule is Cc1cc(Cn2ccc3c2CCCC3N)cc(C)c1F. The summed E-state index contributed by atoms with van der Waals surface area (Å²) in [6.07, 6.45) is 5.44. The summed E-state index contributed by atoms with van der Waals surface area (Å²) in [6, 6.07) is 6.20. The summed E-state index contributed by atoms with van der Waals surface area (Å²) in [7, 11) is 0. The normalized spacial score (nSPS) is 18.1. The van der Waals surface area contributed by atoms with Crippen LogP contribution in [0.1, 0.15) is 46.8 Å². The molecule has 106 valence electrons. The molecular weight excluding hydrogens is 251 g/mol. The molecule has 1 aliphatic carbocycles. The maximum atomic E-state index is 13.7. The topological polar surface area (TPSA) is 30.9 Å². The quantitative estimate of drug-likeness (QED) is 0.889. The molecule has 1 aliphatic rings. The largest absolute Gasteiger partial charge is 0.347 e. The minimum Gasteiger partial charge on any atom is -0.347 e. The van der Waals surface area contributed by atoms with Gasteiger partial charge in [0.25, 0.3) is 0 Å². The minimum absolute atomic E-state index is 0.0923. The smallest absolute Gasteiger partial charge is 0.129 e. The van der Waals surface area contributed by atoms with Crippen molar-refractivity contribution in [3.63, 3.8) is 0 Å². The maximum Gasteiger partial charge on any atom is 0.129 e. The summed E-state index contributed by atoms with van der Waals surface area (Å²) in [4.78, 5) is 0. The van der Waals surface area contributed by atoms with Gasteiger partial charge in [0.2, 0.25) is 0 Å². The van der Waals surface area contributed by atoms with Gasteiger partial charge in [-0.2, -0.15) is 0 Å². The number of rotatable bonds is 2. The van der Waals surface area contributed by atoms with Gasteiger partial charge in [0.1, 0.15) is 5.82 Å². The average Bonchev–Trinajstić information content (AvgIpc) is 2.81. The van der Waals surface area contributed by atoms with E-state index in [1.807, 2.05) is 26.0 Å². The summed E-state index contributed by atoms with van der Waals surface area (Å²) >= 11 is 0. The van der Waals surface area contributed by atoms with Crippen LogP contribution in [0.2, 0.25) is 0 Å². The van der Waals surface area contributed by atoms with E-state index >= 15 is 0 Å². The molecule has 3 heteroatoms. The molecular formula is C17H21FN2. The van der Waals surface area contributed by atoms with Crippen molar-refractivity contribution >= 4 is 0 Å². The fourth-order valence-corrected chi connectivity index (χ4v) is 3.26. The molecule has 0 spiro atoms. The van der Waals surface area contributed by atoms with E-state index in [1.165, 1.54) is 11.3 Å². The molecule has 0 radical (unpaired) electrons. The van der Waals surface area contributed by atoms with Crippen molar-refractivity contribution in [3.8, 4) is 0 Å². The van der Waals surface area contributed by atoms with Crippen molar-refractivity contribution in [3.05, 3.63) is 58.2 Å². The van der Waals surface area contributed by atoms with E-state index in [0.717, 1.165) is 42.5 Å². The number of aryl methyl sites for hydroxylation is 2. The highest BCUT2D eigenvalue weighted by molar-refractivity contribution is 5.33. The van der Waals surface area contributed by atoms with Crippen LogP contribution in [0.3, 0.4) is 0 Å². The number of halogens is 1. The lowest BCUT2D eigenvalue weighted by Crippen LogP contribution is -2.18. The highest BCUT2D eigenvalue weighted by atomic mass is 19.1. The Balaban J connectivity index is 1.92. The predicted octanol–water partition coefficient (Wildman–Crippen LogP) is 3.63. The van der Waals surface area contributed by atoms with Crippen LogP contribution in [0.4, 0.5) is 4.39 Å². The van der Waals surface area contributed by atoms with E-state index in [0.29, 0.717) is 0 Å². The van der Waals surface area contributed by atoms with Gasteiger partial charge in [-0.3, -0.25) is 0 Å². The van der Waals surface area contributed by atoms with Gasteiger partial charge in [-0.15, -0.1) is 0 Å². The van der Waals surface area contributed by atoms with Crippen LogP contribution in [0.25, 0.3) is 0 Å². The lowest BCUT2D eigenvalue weighted by Gasteiger charge is -2.21. The monoisotopic (exact) mass is 272 g/mol. The highest BCUT2D eigenvalue weighted by Crippen LogP contribution is 2.29. The van der Waals surface area contributed by atoms with Crippen molar-refractivity contribution in [2.75, 3.05) is 0 Å². The van der Waals surface area contributed by atoms with Crippen LogP contribution in [-0.4, -0.2) is 4.57 Å². The van der Waals surface area contributed by atoms with Crippen LogP contribution >= 0.6 is 0 Å². The first-order chi connectivity index (χ1) is 9.56. The van der Waals surface area contributed by atoms with Gasteiger partial charge in [-0.25, -0.2) is 4.39 Å². The van der Waals surface area contributed by atoms with Crippen LogP contribution in [0.5, 0.6) is 0 Å². The summed E-state index contributed by atoms with van der Waals surface area (Å²) in [5.74, 6) is -0.0923. The highest BCUT2D eigenvalue weighted by Gasteiger charge is 2.20. The predicted molar refractivity (Wildman–Crippen MR) is 79.3 cm³/mol. The van der Waals surface area contributed by atoms with Gasteiger partial charge in [0.15, 0.2) is 0 Å². The standard InChI is InChI=1S/C17H21FN2/c1-11-8-13(9-12(2)17(11)18)10-20-7-6-14-15(19)4-3-5-16(14)20/h6-9,15H,3-5,10,19H2,1-2H3. The lowest BCUT2D eigenvalue weighted by molar-refractivity contribution is 0.547. The Morgan fingerprint density at radius 2 is 2.00 bits per heavy atom. The van der Waals surface area contributed by atoms with Crippen LogP contribution in [0, 0.1) is 19.7 Å². The summed E-state index contributed by atoms with van der Waals surface area (Å²) < 4.78 is 16.0. The molecule has 0 saturated heterocycles. The summed E-state index contributed by atoms with van der Waals surface area (Å²) in [5.41, 5.74) is 11.4. The maximum absolute atomic E-state index is 13.7. The zero-order valence-electron chi connectivity index (χ0n) is 12.1. The molecule has 1 atom stereocenters. The number of aromatic nitrogens is 1. The van der Waals surface area contributed by atoms with Crippen LogP contribution in [-0.2, 0) is 13.0 Å². The second kappa shape index (κ2) is 5.06. The number of benzene rings is 1. The summed E-state index contributed by atoms with van der Waals surface area (Å²) in [6.45, 7) is 4.45. The average molecular weight is 272 g/mol. The molecule has 1 heterocycles. The number of nitrogens with two attached hydrogens (primary N) is 1. The first-order valence-corrected chi connectivity index (χ1v) is 7.25. The van der Waals surface area contributed by atoms with Crippen LogP contribution in [0.15, 0.2) is 24.4 Å². The third kappa shape index (κ3) is 2.27. The number of fused-ring (bicyclic) bond motifs is 1. The number of hydrogen-bond donors (Lipinski definition) is 1. The zero-order chi connectivity index (χ0) is 14.3. The Morgan fingerprint density at radius 1 is 1.30 bits per heavy atom. The van der Waals surface area contributed by atoms with E-state index in [2.05, 4.69) is 16.8 Å². The number of hydrogen-bond acceptors (Lipinski definition) is 1. The van der Waals surface area contributed by atoms with Crippen molar-refractivity contribution in [2.45, 2.75) is 45.7 Å². The summed E-state index contributed by atoms with van der Waals surface area (Å²) in [5, 5.41) is 0. The molecule has 3 rings (SSSR count). The minimum atomic E-state index is -0.0923. The Labute approximate surface area is 119 Å². The number of nitrogens with zero attached hydrogens (tertiary/aromatic N) is 1. The third-order valence-electron chi connectivity index (χ3n) is 4.29. The Morgan fingerprint density at radius 3 is 2.70 bits per heavy atom. The second-order valence-electron chi connectivity index (χ2n) is 5.89. The molecule has 0 fully saturated rings. The first-order valence-electron chi connectivity index (χ1n) is 7.25. The molecule has 1 aromatic heterocycles. The van der Waals surface area contributed by atoms with E-state index in [-0.39, 0.29) is 11.9 Å². The van der Waals surface area contributed by atoms with E-state index < -0.39 is 0 Å². The van der Waals surface area contributed by atoms with Gasteiger partial charge >= 0.3 is 0 Å². The molecule has 0 amide bonds. The molecule has 2 N–H and O–H groups in total. The van der Waals surface area contributed by atoms with Gasteiger partial charge in [-0.1, -0.05) is 12.1 Å². The van der Waals surface area contributed by atoms with Gasteiger partial charge in [0, 0.05) is 24.5 Å². The fourth-order valence-electron chi connectivity index (χ4n) is 3.26. The second-order valence-corrected chi connectivity index (χ2v) is 5.89. The first kappa shape index (κ1) is 13.4. The molecule has 1 unspecified atom stereocenters. The van der Waals surface area contributed by atoms with Crippen molar-refractivity contribution in [1.82, 2.24) is 4.57 Å². The Hall–Kier alpha value is -1.61. The molecule has 1 aromatic carbocycles. The van der Waals surface area contributed by atoms with Crippen LogP contribution < -0.4 is 5.73 Å². The van der Waals surface area contributed by atoms with E-state index in [1.54, 1.807) is 0 Å². The van der Waals surface area contributed by atoms with Gasteiger partial charge < -0.3 is 10.3 Å². The van der Waals surface area contributed by atoms with E-state index in [4.69, 9.17) is 5.73 Å².